The van der Waals surface area contributed by atoms with E-state index in [2.05, 4.69) is 0 Å². The van der Waals surface area contributed by atoms with Gasteiger partial charge in [-0.15, -0.1) is 0 Å². The van der Waals surface area contributed by atoms with Crippen molar-refractivity contribution in [1.29, 1.82) is 0 Å². The molecule has 2 aromatic rings. The Hall–Kier alpha value is -2.01. The third-order valence-corrected chi connectivity index (χ3v) is 4.49. The topological polar surface area (TPSA) is 20.3 Å². The lowest BCUT2D eigenvalue weighted by Gasteiger charge is -2.17. The number of benzene rings is 2. The Morgan fingerprint density at radius 3 is 2.50 bits per heavy atom. The van der Waals surface area contributed by atoms with Crippen LogP contribution in [0.4, 0.5) is 13.2 Å². The second-order valence-corrected chi connectivity index (χ2v) is 6.42. The highest BCUT2D eigenvalue weighted by Crippen LogP contribution is 2.24. The van der Waals surface area contributed by atoms with Crippen LogP contribution in [0.3, 0.4) is 0 Å². The van der Waals surface area contributed by atoms with Gasteiger partial charge in [-0.1, -0.05) is 11.6 Å². The normalized spacial score (nSPS) is 17.3. The molecule has 0 N–H and O–H groups in total. The molecule has 0 radical (unpaired) electrons. The maximum Gasteiger partial charge on any atom is 0.253 e. The molecule has 3 rings (SSSR count). The summed E-state index contributed by atoms with van der Waals surface area (Å²) in [7, 11) is 0. The van der Waals surface area contributed by atoms with Crippen molar-refractivity contribution < 1.29 is 18.0 Å². The number of halogens is 4. The molecule has 1 heterocycles. The van der Waals surface area contributed by atoms with Crippen LogP contribution in [-0.2, 0) is 6.42 Å². The van der Waals surface area contributed by atoms with Crippen molar-refractivity contribution in [1.82, 2.24) is 4.90 Å². The van der Waals surface area contributed by atoms with Crippen molar-refractivity contribution >= 4 is 17.5 Å². The van der Waals surface area contributed by atoms with Crippen LogP contribution in [0, 0.1) is 23.4 Å². The third-order valence-electron chi connectivity index (χ3n) is 4.19. The van der Waals surface area contributed by atoms with Gasteiger partial charge in [0.2, 0.25) is 0 Å². The molecule has 1 fully saturated rings. The van der Waals surface area contributed by atoms with E-state index in [4.69, 9.17) is 11.6 Å². The average Bonchev–Trinajstić information content (AvgIpc) is 2.96. The minimum atomic E-state index is -0.631. The van der Waals surface area contributed by atoms with Crippen LogP contribution in [0.15, 0.2) is 36.4 Å². The van der Waals surface area contributed by atoms with E-state index < -0.39 is 17.5 Å². The number of amides is 1. The van der Waals surface area contributed by atoms with Crippen molar-refractivity contribution in [2.24, 2.45) is 5.92 Å². The zero-order valence-electron chi connectivity index (χ0n) is 12.7. The lowest BCUT2D eigenvalue weighted by molar-refractivity contribution is 0.0786. The smallest absolute Gasteiger partial charge is 0.253 e. The first-order valence-electron chi connectivity index (χ1n) is 7.61. The lowest BCUT2D eigenvalue weighted by atomic mass is 9.98. The standard InChI is InChI=1S/C18H15ClF3NO/c19-16-2-1-13(8-17(16)22)18(24)23-4-3-11(10-23)5-12-6-14(20)9-15(21)7-12/h1-2,6-9,11H,3-5,10H2. The molecule has 1 aliphatic rings. The van der Waals surface area contributed by atoms with Gasteiger partial charge >= 0.3 is 0 Å². The van der Waals surface area contributed by atoms with Gasteiger partial charge in [-0.2, -0.15) is 0 Å². The predicted molar refractivity (Wildman–Crippen MR) is 85.5 cm³/mol. The fourth-order valence-electron chi connectivity index (χ4n) is 3.06. The van der Waals surface area contributed by atoms with E-state index in [0.29, 0.717) is 25.1 Å². The molecule has 0 bridgehead atoms. The first-order chi connectivity index (χ1) is 11.4. The summed E-state index contributed by atoms with van der Waals surface area (Å²) in [6.45, 7) is 1.01. The van der Waals surface area contributed by atoms with E-state index in [1.807, 2.05) is 0 Å². The van der Waals surface area contributed by atoms with E-state index in [1.165, 1.54) is 24.3 Å². The summed E-state index contributed by atoms with van der Waals surface area (Å²) in [6.07, 6.45) is 1.23. The monoisotopic (exact) mass is 353 g/mol. The number of hydrogen-bond acceptors (Lipinski definition) is 1. The van der Waals surface area contributed by atoms with E-state index in [9.17, 15) is 18.0 Å². The molecule has 0 spiro atoms. The summed E-state index contributed by atoms with van der Waals surface area (Å²) in [5.41, 5.74) is 0.818. The summed E-state index contributed by atoms with van der Waals surface area (Å²) in [4.78, 5) is 14.0. The number of carbonyl (C=O) groups excluding carboxylic acids is 1. The molecule has 1 saturated heterocycles. The van der Waals surface area contributed by atoms with Gasteiger partial charge in [0.25, 0.3) is 5.91 Å². The number of nitrogens with zero attached hydrogens (tertiary/aromatic N) is 1. The van der Waals surface area contributed by atoms with Gasteiger partial charge in [-0.25, -0.2) is 13.2 Å². The van der Waals surface area contributed by atoms with Crippen LogP contribution in [0.25, 0.3) is 0 Å². The molecule has 1 unspecified atom stereocenters. The zero-order chi connectivity index (χ0) is 17.3. The van der Waals surface area contributed by atoms with Gasteiger partial charge in [0.05, 0.1) is 5.02 Å². The molecular formula is C18H15ClF3NO. The Morgan fingerprint density at radius 2 is 1.83 bits per heavy atom. The molecule has 24 heavy (non-hydrogen) atoms. The zero-order valence-corrected chi connectivity index (χ0v) is 13.5. The molecule has 2 aromatic carbocycles. The van der Waals surface area contributed by atoms with Crippen LogP contribution in [0.2, 0.25) is 5.02 Å². The van der Waals surface area contributed by atoms with Crippen LogP contribution >= 0.6 is 11.6 Å². The largest absolute Gasteiger partial charge is 0.338 e. The van der Waals surface area contributed by atoms with E-state index in [0.717, 1.165) is 18.6 Å². The summed E-state index contributed by atoms with van der Waals surface area (Å²) in [5, 5.41) is -0.0287. The highest BCUT2D eigenvalue weighted by atomic mass is 35.5. The van der Waals surface area contributed by atoms with Gasteiger partial charge in [0.1, 0.15) is 17.5 Å². The van der Waals surface area contributed by atoms with Gasteiger partial charge in [-0.3, -0.25) is 4.79 Å². The highest BCUT2D eigenvalue weighted by Gasteiger charge is 2.27. The molecule has 0 aliphatic carbocycles. The first-order valence-corrected chi connectivity index (χ1v) is 7.99. The van der Waals surface area contributed by atoms with Gasteiger partial charge in [0, 0.05) is 24.7 Å². The van der Waals surface area contributed by atoms with E-state index in [1.54, 1.807) is 4.90 Å². The van der Waals surface area contributed by atoms with Crippen molar-refractivity contribution in [3.05, 3.63) is 70.0 Å². The third kappa shape index (κ3) is 3.73. The quantitative estimate of drug-likeness (QED) is 0.797. The summed E-state index contributed by atoms with van der Waals surface area (Å²) < 4.78 is 40.0. The minimum absolute atomic E-state index is 0.0287. The number of rotatable bonds is 3. The Kier molecular flexibility index (Phi) is 4.81. The van der Waals surface area contributed by atoms with Crippen molar-refractivity contribution in [2.75, 3.05) is 13.1 Å². The van der Waals surface area contributed by atoms with Gasteiger partial charge < -0.3 is 4.90 Å². The molecule has 126 valence electrons. The molecule has 0 aromatic heterocycles. The molecule has 6 heteroatoms. The predicted octanol–water partition coefficient (Wildman–Crippen LogP) is 4.46. The van der Waals surface area contributed by atoms with E-state index in [-0.39, 0.29) is 22.4 Å². The Bertz CT molecular complexity index is 761. The van der Waals surface area contributed by atoms with Crippen molar-refractivity contribution in [3.8, 4) is 0 Å². The number of likely N-dealkylation sites (tertiary alicyclic amines) is 1. The number of hydrogen-bond donors (Lipinski definition) is 0. The lowest BCUT2D eigenvalue weighted by Crippen LogP contribution is -2.29. The fraction of sp³-hybridized carbons (Fsp3) is 0.278. The van der Waals surface area contributed by atoms with Crippen LogP contribution in [0.1, 0.15) is 22.3 Å². The first kappa shape index (κ1) is 16.8. The Balaban J connectivity index is 1.66. The molecule has 1 atom stereocenters. The van der Waals surface area contributed by atoms with Crippen LogP contribution in [0.5, 0.6) is 0 Å². The van der Waals surface area contributed by atoms with Gasteiger partial charge in [-0.05, 0) is 54.7 Å². The molecular weight excluding hydrogens is 339 g/mol. The van der Waals surface area contributed by atoms with Crippen LogP contribution < -0.4 is 0 Å². The summed E-state index contributed by atoms with van der Waals surface area (Å²) in [6, 6.07) is 7.42. The van der Waals surface area contributed by atoms with Crippen LogP contribution in [-0.4, -0.2) is 23.9 Å². The van der Waals surface area contributed by atoms with E-state index >= 15 is 0 Å². The SMILES string of the molecule is O=C(c1ccc(Cl)c(F)c1)N1CCC(Cc2cc(F)cc(F)c2)C1. The second-order valence-electron chi connectivity index (χ2n) is 6.02. The highest BCUT2D eigenvalue weighted by molar-refractivity contribution is 6.30. The Labute approximate surface area is 142 Å². The maximum atomic E-state index is 13.5. The van der Waals surface area contributed by atoms with Crippen molar-refractivity contribution in [3.63, 3.8) is 0 Å². The molecule has 1 aliphatic heterocycles. The van der Waals surface area contributed by atoms with Gasteiger partial charge in [0.15, 0.2) is 0 Å². The fourth-order valence-corrected chi connectivity index (χ4v) is 3.18. The van der Waals surface area contributed by atoms with Crippen molar-refractivity contribution in [2.45, 2.75) is 12.8 Å². The average molecular weight is 354 g/mol. The second kappa shape index (κ2) is 6.85. The summed E-state index contributed by atoms with van der Waals surface area (Å²) in [5.74, 6) is -1.99. The minimum Gasteiger partial charge on any atom is -0.338 e. The molecule has 2 nitrogen and oxygen atoms in total. The molecule has 1 amide bonds. The maximum absolute atomic E-state index is 13.5. The summed E-state index contributed by atoms with van der Waals surface area (Å²) >= 11 is 5.62. The number of carbonyl (C=O) groups is 1. The molecule has 0 saturated carbocycles. The Morgan fingerprint density at radius 1 is 1.12 bits per heavy atom.